The van der Waals surface area contributed by atoms with Gasteiger partial charge in [0.2, 0.25) is 0 Å². The van der Waals surface area contributed by atoms with Crippen molar-refractivity contribution in [1.82, 2.24) is 15.0 Å². The van der Waals surface area contributed by atoms with Gasteiger partial charge in [-0.25, -0.2) is 4.68 Å². The Kier molecular flexibility index (Phi) is 6.48. The van der Waals surface area contributed by atoms with Gasteiger partial charge >= 0.3 is 0 Å². The summed E-state index contributed by atoms with van der Waals surface area (Å²) in [5.41, 5.74) is 1.43. The monoisotopic (exact) mass is 527 g/mol. The molecule has 202 valence electrons. The largest absolute Gasteiger partial charge is 0.390 e. The maximum absolute atomic E-state index is 13.8. The molecule has 0 radical (unpaired) electrons. The first-order valence-corrected chi connectivity index (χ1v) is 14.8. The molecule has 1 aromatic heterocycles. The van der Waals surface area contributed by atoms with Crippen LogP contribution >= 0.6 is 11.6 Å². The van der Waals surface area contributed by atoms with E-state index in [1.807, 2.05) is 18.2 Å². The minimum Gasteiger partial charge on any atom is -0.390 e. The van der Waals surface area contributed by atoms with Crippen LogP contribution < -0.4 is 0 Å². The Morgan fingerprint density at radius 3 is 2.73 bits per heavy atom. The number of methoxy groups -OCH3 is 1. The van der Waals surface area contributed by atoms with E-state index < -0.39 is 5.60 Å². The van der Waals surface area contributed by atoms with Crippen LogP contribution in [0, 0.1) is 40.4 Å². The second kappa shape index (κ2) is 9.31. The van der Waals surface area contributed by atoms with Gasteiger partial charge in [0.1, 0.15) is 12.1 Å². The minimum absolute atomic E-state index is 0.0728. The van der Waals surface area contributed by atoms with E-state index in [4.69, 9.17) is 16.3 Å². The molecule has 0 spiro atoms. The van der Waals surface area contributed by atoms with Crippen molar-refractivity contribution in [2.45, 2.75) is 90.2 Å². The summed E-state index contributed by atoms with van der Waals surface area (Å²) in [5.74, 6) is 3.03. The lowest BCUT2D eigenvalue weighted by atomic mass is 9.43. The van der Waals surface area contributed by atoms with Gasteiger partial charge in [0.15, 0.2) is 5.78 Å². The van der Waals surface area contributed by atoms with Crippen molar-refractivity contribution in [2.75, 3.05) is 13.7 Å². The molecular formula is C30H42ClN3O3. The maximum Gasteiger partial charge on any atom is 0.157 e. The molecule has 0 amide bonds. The number of ketones is 1. The number of ether oxygens (including phenoxy) is 1. The summed E-state index contributed by atoms with van der Waals surface area (Å²) in [6.45, 7) is 5.86. The van der Waals surface area contributed by atoms with Gasteiger partial charge in [-0.15, -0.1) is 5.10 Å². The Labute approximate surface area is 225 Å². The van der Waals surface area contributed by atoms with Gasteiger partial charge in [-0.2, -0.15) is 0 Å². The molecular weight excluding hydrogens is 486 g/mol. The zero-order chi connectivity index (χ0) is 26.0. The summed E-state index contributed by atoms with van der Waals surface area (Å²) in [6.07, 6.45) is 10.7. The number of hydrogen-bond donors (Lipinski definition) is 1. The summed E-state index contributed by atoms with van der Waals surface area (Å²) >= 11 is 6.21. The van der Waals surface area contributed by atoms with Gasteiger partial charge in [-0.1, -0.05) is 30.7 Å². The number of benzene rings is 1. The van der Waals surface area contributed by atoms with Gasteiger partial charge in [0.25, 0.3) is 0 Å². The quantitative estimate of drug-likeness (QED) is 0.492. The van der Waals surface area contributed by atoms with Crippen LogP contribution in [0.25, 0.3) is 11.0 Å². The average molecular weight is 528 g/mol. The van der Waals surface area contributed by atoms with E-state index in [9.17, 15) is 9.90 Å². The average Bonchev–Trinajstić information content (AvgIpc) is 3.43. The SMILES string of the molecule is COCC[C@@]1(O)CC[C@@]2(C)[C@@H](CC[C@@H]3[C@@H]2CC[C@]2(C)[C@@H](C(=O)Cn4nnc5ccc(Cl)cc54)CC[C@@H]32)C1. The molecule has 37 heavy (non-hydrogen) atoms. The van der Waals surface area contributed by atoms with Crippen molar-refractivity contribution in [2.24, 2.45) is 40.4 Å². The molecule has 4 aliphatic carbocycles. The van der Waals surface area contributed by atoms with Crippen LogP contribution in [-0.4, -0.2) is 45.2 Å². The van der Waals surface area contributed by atoms with Crippen molar-refractivity contribution in [3.8, 4) is 0 Å². The Hall–Kier alpha value is -1.50. The molecule has 1 aromatic carbocycles. The fourth-order valence-electron chi connectivity index (χ4n) is 9.68. The second-order valence-electron chi connectivity index (χ2n) is 13.3. The number of hydrogen-bond acceptors (Lipinski definition) is 5. The minimum atomic E-state index is -0.559. The molecule has 4 aliphatic rings. The topological polar surface area (TPSA) is 77.2 Å². The summed E-state index contributed by atoms with van der Waals surface area (Å²) in [6, 6.07) is 5.53. The lowest BCUT2D eigenvalue weighted by Crippen LogP contribution is -2.56. The van der Waals surface area contributed by atoms with E-state index in [0.717, 1.165) is 56.0 Å². The predicted octanol–water partition coefficient (Wildman–Crippen LogP) is 6.08. The summed E-state index contributed by atoms with van der Waals surface area (Å²) in [7, 11) is 1.73. The fourth-order valence-corrected chi connectivity index (χ4v) is 9.85. The van der Waals surface area contributed by atoms with E-state index in [1.54, 1.807) is 11.8 Å². The number of carbonyl (C=O) groups excluding carboxylic acids is 1. The third kappa shape index (κ3) is 4.17. The summed E-state index contributed by atoms with van der Waals surface area (Å²) in [4.78, 5) is 13.8. The molecule has 1 heterocycles. The number of carbonyl (C=O) groups is 1. The van der Waals surface area contributed by atoms with Crippen molar-refractivity contribution in [1.29, 1.82) is 0 Å². The number of nitrogens with zero attached hydrogens (tertiary/aromatic N) is 3. The van der Waals surface area contributed by atoms with E-state index >= 15 is 0 Å². The second-order valence-corrected chi connectivity index (χ2v) is 13.8. The zero-order valence-corrected chi connectivity index (χ0v) is 23.3. The van der Waals surface area contributed by atoms with E-state index in [1.165, 1.54) is 19.3 Å². The summed E-state index contributed by atoms with van der Waals surface area (Å²) in [5, 5.41) is 20.5. The fraction of sp³-hybridized carbons (Fsp3) is 0.767. The van der Waals surface area contributed by atoms with Gasteiger partial charge < -0.3 is 9.84 Å². The van der Waals surface area contributed by atoms with E-state index in [-0.39, 0.29) is 17.9 Å². The van der Waals surface area contributed by atoms with Crippen molar-refractivity contribution >= 4 is 28.4 Å². The van der Waals surface area contributed by atoms with Gasteiger partial charge in [-0.05, 0) is 117 Å². The highest BCUT2D eigenvalue weighted by molar-refractivity contribution is 6.31. The number of aliphatic hydroxyl groups is 1. The number of fused-ring (bicyclic) bond motifs is 6. The molecule has 2 aromatic rings. The standard InChI is InChI=1S/C30H42ClN3O3/c1-28-12-13-30(36,14-15-37-3)17-19(28)4-6-21-22-7-8-24(29(22,2)11-10-23(21)28)27(35)18-34-26-16-20(31)5-9-25(26)32-33-34/h5,9,16,19,21-24,36H,4,6-8,10-15,17-18H2,1-3H3/t19-,21-,22-,23-,24+,28-,29-,30-/m0/s1. The van der Waals surface area contributed by atoms with Crippen LogP contribution in [0.3, 0.4) is 0 Å². The molecule has 8 atom stereocenters. The number of halogens is 1. The predicted molar refractivity (Wildman–Crippen MR) is 144 cm³/mol. The maximum atomic E-state index is 13.8. The van der Waals surface area contributed by atoms with Gasteiger partial charge in [0, 0.05) is 24.7 Å². The first-order valence-electron chi connectivity index (χ1n) is 14.4. The van der Waals surface area contributed by atoms with Crippen LogP contribution in [0.15, 0.2) is 18.2 Å². The first-order chi connectivity index (χ1) is 17.7. The Bertz CT molecular complexity index is 1180. The van der Waals surface area contributed by atoms with Crippen LogP contribution in [0.5, 0.6) is 0 Å². The first kappa shape index (κ1) is 25.8. The molecule has 0 bridgehead atoms. The highest BCUT2D eigenvalue weighted by Crippen LogP contribution is 2.68. The molecule has 0 saturated heterocycles. The molecule has 0 unspecified atom stereocenters. The molecule has 6 rings (SSSR count). The van der Waals surface area contributed by atoms with Crippen LogP contribution in [-0.2, 0) is 16.1 Å². The Balaban J connectivity index is 1.18. The van der Waals surface area contributed by atoms with E-state index in [0.29, 0.717) is 46.5 Å². The normalized spacial score (nSPS) is 41.3. The smallest absolute Gasteiger partial charge is 0.157 e. The molecule has 4 saturated carbocycles. The van der Waals surface area contributed by atoms with Gasteiger partial charge in [-0.3, -0.25) is 4.79 Å². The third-order valence-corrected chi connectivity index (χ3v) is 12.0. The summed E-state index contributed by atoms with van der Waals surface area (Å²) < 4.78 is 7.04. The highest BCUT2D eigenvalue weighted by atomic mass is 35.5. The molecule has 4 fully saturated rings. The van der Waals surface area contributed by atoms with Gasteiger partial charge in [0.05, 0.1) is 11.1 Å². The lowest BCUT2D eigenvalue weighted by molar-refractivity contribution is -0.157. The van der Waals surface area contributed by atoms with Crippen molar-refractivity contribution in [3.63, 3.8) is 0 Å². The zero-order valence-electron chi connectivity index (χ0n) is 22.6. The molecule has 6 nitrogen and oxygen atoms in total. The van der Waals surface area contributed by atoms with Crippen LogP contribution in [0.4, 0.5) is 0 Å². The highest BCUT2D eigenvalue weighted by Gasteiger charge is 2.62. The Morgan fingerprint density at radius 2 is 1.92 bits per heavy atom. The number of rotatable bonds is 6. The molecule has 7 heteroatoms. The number of aromatic nitrogens is 3. The molecule has 0 aliphatic heterocycles. The third-order valence-electron chi connectivity index (χ3n) is 11.8. The van der Waals surface area contributed by atoms with E-state index in [2.05, 4.69) is 24.2 Å². The number of Topliss-reactive ketones (excluding diaryl/α,β-unsaturated/α-hetero) is 1. The van der Waals surface area contributed by atoms with Crippen molar-refractivity contribution < 1.29 is 14.6 Å². The van der Waals surface area contributed by atoms with Crippen LogP contribution in [0.1, 0.15) is 78.1 Å². The van der Waals surface area contributed by atoms with Crippen LogP contribution in [0.2, 0.25) is 5.02 Å². The molecule has 1 N–H and O–H groups in total. The van der Waals surface area contributed by atoms with Crippen molar-refractivity contribution in [3.05, 3.63) is 23.2 Å². The lowest BCUT2D eigenvalue weighted by Gasteiger charge is -2.62. The Morgan fingerprint density at radius 1 is 1.11 bits per heavy atom.